The standard InChI is InChI=1S/C18H24ClNO5/c1-11(2)25-16-14(19)8-13(9-15(16)23-3)17(21)20-7-5-6-12(10-20)18(22)24-4/h8-9,11-12H,5-7,10H2,1-4H3. The van der Waals surface area contributed by atoms with Crippen molar-refractivity contribution >= 4 is 23.5 Å². The molecule has 1 amide bonds. The van der Waals surface area contributed by atoms with Crippen LogP contribution >= 0.6 is 11.6 Å². The van der Waals surface area contributed by atoms with Gasteiger partial charge in [0.25, 0.3) is 5.91 Å². The summed E-state index contributed by atoms with van der Waals surface area (Å²) in [6, 6.07) is 3.19. The molecule has 6 nitrogen and oxygen atoms in total. The van der Waals surface area contributed by atoms with Crippen molar-refractivity contribution in [2.24, 2.45) is 5.92 Å². The first-order valence-electron chi connectivity index (χ1n) is 8.28. The first-order valence-corrected chi connectivity index (χ1v) is 8.66. The Morgan fingerprint density at radius 2 is 2.00 bits per heavy atom. The molecular formula is C18H24ClNO5. The highest BCUT2D eigenvalue weighted by Crippen LogP contribution is 2.37. The van der Waals surface area contributed by atoms with Crippen LogP contribution in [0.25, 0.3) is 0 Å². The van der Waals surface area contributed by atoms with Crippen LogP contribution in [0.2, 0.25) is 5.02 Å². The summed E-state index contributed by atoms with van der Waals surface area (Å²) in [6.45, 7) is 4.71. The summed E-state index contributed by atoms with van der Waals surface area (Å²) in [6.07, 6.45) is 1.41. The van der Waals surface area contributed by atoms with Gasteiger partial charge in [-0.25, -0.2) is 0 Å². The van der Waals surface area contributed by atoms with Crippen molar-refractivity contribution in [3.8, 4) is 11.5 Å². The van der Waals surface area contributed by atoms with E-state index in [1.807, 2.05) is 13.8 Å². The summed E-state index contributed by atoms with van der Waals surface area (Å²) in [4.78, 5) is 26.2. The van der Waals surface area contributed by atoms with Crippen LogP contribution in [0, 0.1) is 5.92 Å². The maximum atomic E-state index is 12.8. The molecule has 0 aromatic heterocycles. The van der Waals surface area contributed by atoms with Crippen molar-refractivity contribution < 1.29 is 23.8 Å². The van der Waals surface area contributed by atoms with Gasteiger partial charge in [0.1, 0.15) is 0 Å². The SMILES string of the molecule is COC(=O)C1CCCN(C(=O)c2cc(Cl)c(OC(C)C)c(OC)c2)C1. The molecule has 1 saturated heterocycles. The summed E-state index contributed by atoms with van der Waals surface area (Å²) in [5.74, 6) is 0.0650. The van der Waals surface area contributed by atoms with Crippen molar-refractivity contribution in [3.63, 3.8) is 0 Å². The van der Waals surface area contributed by atoms with Crippen molar-refractivity contribution in [2.45, 2.75) is 32.8 Å². The molecule has 0 aliphatic carbocycles. The normalized spacial score (nSPS) is 17.4. The van der Waals surface area contributed by atoms with E-state index in [0.717, 1.165) is 12.8 Å². The van der Waals surface area contributed by atoms with Gasteiger partial charge >= 0.3 is 5.97 Å². The van der Waals surface area contributed by atoms with Crippen LogP contribution in [0.5, 0.6) is 11.5 Å². The van der Waals surface area contributed by atoms with Crippen LogP contribution in [-0.2, 0) is 9.53 Å². The van der Waals surface area contributed by atoms with Crippen molar-refractivity contribution in [1.82, 2.24) is 4.90 Å². The fourth-order valence-electron chi connectivity index (χ4n) is 2.90. The fraction of sp³-hybridized carbons (Fsp3) is 0.556. The zero-order valence-corrected chi connectivity index (χ0v) is 15.8. The number of hydrogen-bond donors (Lipinski definition) is 0. The van der Waals surface area contributed by atoms with Crippen molar-refractivity contribution in [1.29, 1.82) is 0 Å². The van der Waals surface area contributed by atoms with Crippen LogP contribution in [0.4, 0.5) is 0 Å². The molecule has 2 rings (SSSR count). The molecule has 138 valence electrons. The Hall–Kier alpha value is -1.95. The van der Waals surface area contributed by atoms with Gasteiger partial charge < -0.3 is 19.1 Å². The number of esters is 1. The fourth-order valence-corrected chi connectivity index (χ4v) is 3.15. The molecule has 1 aliphatic heterocycles. The van der Waals surface area contributed by atoms with E-state index in [1.165, 1.54) is 14.2 Å². The lowest BCUT2D eigenvalue weighted by molar-refractivity contribution is -0.146. The number of piperidine rings is 1. The third-order valence-electron chi connectivity index (χ3n) is 4.07. The second kappa shape index (κ2) is 8.43. The number of carbonyl (C=O) groups excluding carboxylic acids is 2. The maximum absolute atomic E-state index is 12.8. The largest absolute Gasteiger partial charge is 0.493 e. The Labute approximate surface area is 153 Å². The van der Waals surface area contributed by atoms with Crippen molar-refractivity contribution in [2.75, 3.05) is 27.3 Å². The smallest absolute Gasteiger partial charge is 0.310 e. The van der Waals surface area contributed by atoms with Gasteiger partial charge in [-0.05, 0) is 38.8 Å². The van der Waals surface area contributed by atoms with Crippen LogP contribution < -0.4 is 9.47 Å². The molecule has 0 bridgehead atoms. The van der Waals surface area contributed by atoms with Gasteiger partial charge in [-0.1, -0.05) is 11.6 Å². The third-order valence-corrected chi connectivity index (χ3v) is 4.35. The van der Waals surface area contributed by atoms with Gasteiger partial charge in [-0.3, -0.25) is 9.59 Å². The Morgan fingerprint density at radius 1 is 1.28 bits per heavy atom. The lowest BCUT2D eigenvalue weighted by atomic mass is 9.97. The number of halogens is 1. The number of likely N-dealkylation sites (tertiary alicyclic amines) is 1. The number of hydrogen-bond acceptors (Lipinski definition) is 5. The number of benzene rings is 1. The molecule has 1 aromatic carbocycles. The highest BCUT2D eigenvalue weighted by atomic mass is 35.5. The molecule has 0 saturated carbocycles. The van der Waals surface area contributed by atoms with Crippen LogP contribution in [0.3, 0.4) is 0 Å². The summed E-state index contributed by atoms with van der Waals surface area (Å²) < 4.78 is 15.8. The van der Waals surface area contributed by atoms with Gasteiger partial charge in [0.05, 0.1) is 31.3 Å². The minimum atomic E-state index is -0.288. The molecule has 1 unspecified atom stereocenters. The molecule has 25 heavy (non-hydrogen) atoms. The topological polar surface area (TPSA) is 65.1 Å². The zero-order chi connectivity index (χ0) is 18.6. The quantitative estimate of drug-likeness (QED) is 0.746. The van der Waals surface area contributed by atoms with E-state index in [-0.39, 0.29) is 23.9 Å². The number of amides is 1. The summed E-state index contributed by atoms with van der Waals surface area (Å²) in [7, 11) is 2.86. The number of rotatable bonds is 5. The molecular weight excluding hydrogens is 346 g/mol. The molecule has 1 fully saturated rings. The molecule has 0 N–H and O–H groups in total. The molecule has 7 heteroatoms. The third kappa shape index (κ3) is 4.57. The van der Waals surface area contributed by atoms with Crippen LogP contribution in [0.15, 0.2) is 12.1 Å². The van der Waals surface area contributed by atoms with E-state index in [2.05, 4.69) is 0 Å². The van der Waals surface area contributed by atoms with E-state index in [0.29, 0.717) is 35.2 Å². The predicted octanol–water partition coefficient (Wildman–Crippen LogP) is 3.16. The highest BCUT2D eigenvalue weighted by molar-refractivity contribution is 6.32. The molecule has 0 radical (unpaired) electrons. The van der Waals surface area contributed by atoms with Crippen molar-refractivity contribution in [3.05, 3.63) is 22.7 Å². The average molecular weight is 370 g/mol. The van der Waals surface area contributed by atoms with E-state index < -0.39 is 0 Å². The number of ether oxygens (including phenoxy) is 3. The Morgan fingerprint density at radius 3 is 2.60 bits per heavy atom. The summed E-state index contributed by atoms with van der Waals surface area (Å²) >= 11 is 6.29. The highest BCUT2D eigenvalue weighted by Gasteiger charge is 2.30. The minimum Gasteiger partial charge on any atom is -0.493 e. The van der Waals surface area contributed by atoms with E-state index in [1.54, 1.807) is 17.0 Å². The molecule has 1 heterocycles. The molecule has 1 aromatic rings. The maximum Gasteiger partial charge on any atom is 0.310 e. The first kappa shape index (κ1) is 19.4. The van der Waals surface area contributed by atoms with Gasteiger partial charge in [0, 0.05) is 18.7 Å². The first-order chi connectivity index (χ1) is 11.9. The van der Waals surface area contributed by atoms with Gasteiger partial charge in [-0.15, -0.1) is 0 Å². The monoisotopic (exact) mass is 369 g/mol. The molecule has 1 aliphatic rings. The van der Waals surface area contributed by atoms with Crippen LogP contribution in [0.1, 0.15) is 37.0 Å². The summed E-state index contributed by atoms with van der Waals surface area (Å²) in [5.41, 5.74) is 0.406. The van der Waals surface area contributed by atoms with E-state index in [9.17, 15) is 9.59 Å². The van der Waals surface area contributed by atoms with E-state index in [4.69, 9.17) is 25.8 Å². The van der Waals surface area contributed by atoms with Crippen LogP contribution in [-0.4, -0.2) is 50.2 Å². The average Bonchev–Trinajstić information content (AvgIpc) is 2.61. The number of nitrogens with zero attached hydrogens (tertiary/aromatic N) is 1. The number of carbonyl (C=O) groups is 2. The molecule has 1 atom stereocenters. The Kier molecular flexibility index (Phi) is 6.53. The minimum absolute atomic E-state index is 0.0733. The predicted molar refractivity (Wildman–Crippen MR) is 94.4 cm³/mol. The summed E-state index contributed by atoms with van der Waals surface area (Å²) in [5, 5.41) is 0.318. The lowest BCUT2D eigenvalue weighted by Crippen LogP contribution is -2.42. The van der Waals surface area contributed by atoms with Gasteiger partial charge in [-0.2, -0.15) is 0 Å². The second-order valence-corrected chi connectivity index (χ2v) is 6.68. The van der Waals surface area contributed by atoms with E-state index >= 15 is 0 Å². The Balaban J connectivity index is 2.24. The van der Waals surface area contributed by atoms with Gasteiger partial charge in [0.2, 0.25) is 0 Å². The molecule has 0 spiro atoms. The zero-order valence-electron chi connectivity index (χ0n) is 15.0. The second-order valence-electron chi connectivity index (χ2n) is 6.27. The lowest BCUT2D eigenvalue weighted by Gasteiger charge is -2.31. The van der Waals surface area contributed by atoms with Gasteiger partial charge in [0.15, 0.2) is 11.5 Å². The Bertz CT molecular complexity index is 647. The number of methoxy groups -OCH3 is 2.